The number of carbonyl (C=O) groups excluding carboxylic acids is 4. The predicted molar refractivity (Wildman–Crippen MR) is 122 cm³/mol. The Morgan fingerprint density at radius 3 is 2.12 bits per heavy atom. The number of nitrogens with zero attached hydrogens (tertiary/aromatic N) is 3. The minimum Gasteiger partial charge on any atom is -0.497 e. The van der Waals surface area contributed by atoms with Gasteiger partial charge in [0.15, 0.2) is 5.54 Å². The highest BCUT2D eigenvalue weighted by Crippen LogP contribution is 2.43. The summed E-state index contributed by atoms with van der Waals surface area (Å²) in [6.45, 7) is 7.40. The number of amides is 3. The van der Waals surface area contributed by atoms with Crippen molar-refractivity contribution < 1.29 is 28.7 Å². The summed E-state index contributed by atoms with van der Waals surface area (Å²) >= 11 is 0. The second-order valence-corrected chi connectivity index (χ2v) is 9.71. The van der Waals surface area contributed by atoms with E-state index in [1.165, 1.54) is 21.1 Å². The van der Waals surface area contributed by atoms with Gasteiger partial charge in [-0.05, 0) is 36.6 Å². The van der Waals surface area contributed by atoms with Gasteiger partial charge in [-0.15, -0.1) is 0 Å². The van der Waals surface area contributed by atoms with E-state index in [4.69, 9.17) is 9.47 Å². The Bertz CT molecular complexity index is 996. The Labute approximate surface area is 193 Å². The molecular formula is C24H31N3O6. The third-order valence-corrected chi connectivity index (χ3v) is 6.58. The molecule has 0 bridgehead atoms. The van der Waals surface area contributed by atoms with Crippen molar-refractivity contribution in [3.8, 4) is 5.75 Å². The number of carbonyl (C=O) groups is 4. The molecule has 2 heterocycles. The normalized spacial score (nSPS) is 25.3. The van der Waals surface area contributed by atoms with Gasteiger partial charge in [-0.1, -0.05) is 20.8 Å². The monoisotopic (exact) mass is 457 g/mol. The Hall–Kier alpha value is -3.23. The van der Waals surface area contributed by atoms with E-state index in [2.05, 4.69) is 4.99 Å². The first-order valence-corrected chi connectivity index (χ1v) is 10.8. The Kier molecular flexibility index (Phi) is 6.37. The summed E-state index contributed by atoms with van der Waals surface area (Å²) in [5.74, 6) is -2.32. The maximum atomic E-state index is 13.1. The molecule has 0 spiro atoms. The Morgan fingerprint density at radius 1 is 1.06 bits per heavy atom. The van der Waals surface area contributed by atoms with Crippen molar-refractivity contribution >= 4 is 35.6 Å². The molecule has 0 saturated carbocycles. The van der Waals surface area contributed by atoms with Gasteiger partial charge in [0.05, 0.1) is 32.1 Å². The molecule has 4 atom stereocenters. The molecule has 0 aliphatic carbocycles. The molecule has 9 heteroatoms. The van der Waals surface area contributed by atoms with Gasteiger partial charge in [-0.2, -0.15) is 0 Å². The zero-order valence-electron chi connectivity index (χ0n) is 20.1. The highest BCUT2D eigenvalue weighted by molar-refractivity contribution is 6.10. The molecule has 2 unspecified atom stereocenters. The fourth-order valence-corrected chi connectivity index (χ4v) is 4.50. The van der Waals surface area contributed by atoms with Crippen molar-refractivity contribution in [2.75, 3.05) is 26.2 Å². The summed E-state index contributed by atoms with van der Waals surface area (Å²) in [7, 11) is 4.17. The van der Waals surface area contributed by atoms with Crippen molar-refractivity contribution in [2.24, 2.45) is 22.2 Å². The second-order valence-electron chi connectivity index (χ2n) is 9.71. The van der Waals surface area contributed by atoms with Gasteiger partial charge in [0.1, 0.15) is 5.75 Å². The van der Waals surface area contributed by atoms with Crippen LogP contribution in [-0.2, 0) is 23.9 Å². The Balaban J connectivity index is 2.00. The number of likely N-dealkylation sites (tertiary alicyclic amines) is 1. The molecule has 3 rings (SSSR count). The van der Waals surface area contributed by atoms with Crippen LogP contribution in [0.1, 0.15) is 34.1 Å². The van der Waals surface area contributed by atoms with Crippen LogP contribution < -0.4 is 9.64 Å². The SMILES string of the molecule is COC(=O)C(C)(N=C[C@H]1[C@@H](C(C)(C)C)C(=O)N1c1ccc(OC)cc1)C1CC(=O)N(C)C1=O. The molecule has 0 aromatic heterocycles. The highest BCUT2D eigenvalue weighted by atomic mass is 16.5. The molecule has 0 radical (unpaired) electrons. The first kappa shape index (κ1) is 24.4. The topological polar surface area (TPSA) is 106 Å². The molecule has 178 valence electrons. The smallest absolute Gasteiger partial charge is 0.334 e. The van der Waals surface area contributed by atoms with E-state index in [1.54, 1.807) is 42.5 Å². The van der Waals surface area contributed by atoms with Crippen molar-refractivity contribution in [3.63, 3.8) is 0 Å². The molecule has 33 heavy (non-hydrogen) atoms. The third-order valence-electron chi connectivity index (χ3n) is 6.58. The molecule has 2 aliphatic rings. The van der Waals surface area contributed by atoms with Crippen LogP contribution in [0.25, 0.3) is 0 Å². The van der Waals surface area contributed by atoms with Gasteiger partial charge in [0, 0.05) is 25.4 Å². The fourth-order valence-electron chi connectivity index (χ4n) is 4.50. The number of ether oxygens (including phenoxy) is 2. The summed E-state index contributed by atoms with van der Waals surface area (Å²) in [5, 5.41) is 0. The van der Waals surface area contributed by atoms with Crippen molar-refractivity contribution in [2.45, 2.75) is 45.7 Å². The lowest BCUT2D eigenvalue weighted by Crippen LogP contribution is -2.66. The van der Waals surface area contributed by atoms with E-state index >= 15 is 0 Å². The molecule has 1 aromatic rings. The third kappa shape index (κ3) is 4.12. The van der Waals surface area contributed by atoms with Crippen LogP contribution in [0.2, 0.25) is 0 Å². The summed E-state index contributed by atoms with van der Waals surface area (Å²) < 4.78 is 10.2. The van der Waals surface area contributed by atoms with Gasteiger partial charge in [-0.25, -0.2) is 4.79 Å². The number of β-lactam (4-membered cyclic amide) rings is 1. The lowest BCUT2D eigenvalue weighted by atomic mass is 9.69. The van der Waals surface area contributed by atoms with Crippen LogP contribution in [0.15, 0.2) is 29.3 Å². The van der Waals surface area contributed by atoms with E-state index in [9.17, 15) is 19.2 Å². The average molecular weight is 458 g/mol. The first-order valence-electron chi connectivity index (χ1n) is 10.8. The maximum Gasteiger partial charge on any atom is 0.334 e. The van der Waals surface area contributed by atoms with Gasteiger partial charge < -0.3 is 14.4 Å². The first-order chi connectivity index (χ1) is 15.4. The van der Waals surface area contributed by atoms with Gasteiger partial charge >= 0.3 is 5.97 Å². The number of methoxy groups -OCH3 is 2. The molecule has 3 amide bonds. The zero-order valence-corrected chi connectivity index (χ0v) is 20.1. The molecular weight excluding hydrogens is 426 g/mol. The van der Waals surface area contributed by atoms with Crippen LogP contribution >= 0.6 is 0 Å². The van der Waals surface area contributed by atoms with E-state index in [1.807, 2.05) is 20.8 Å². The number of imide groups is 1. The lowest BCUT2D eigenvalue weighted by molar-refractivity contribution is -0.151. The number of hydrogen-bond acceptors (Lipinski definition) is 7. The number of esters is 1. The van der Waals surface area contributed by atoms with Gasteiger partial charge in [-0.3, -0.25) is 24.3 Å². The molecule has 2 aliphatic heterocycles. The van der Waals surface area contributed by atoms with Gasteiger partial charge in [0.25, 0.3) is 0 Å². The molecule has 2 saturated heterocycles. The summed E-state index contributed by atoms with van der Waals surface area (Å²) in [6, 6.07) is 6.64. The molecule has 2 fully saturated rings. The van der Waals surface area contributed by atoms with E-state index in [0.29, 0.717) is 11.4 Å². The standard InChI is InChI=1S/C24H31N3O6/c1-23(2,3)19-17(27(21(19)30)14-8-10-15(32-6)11-9-14)13-25-24(4,22(31)33-7)16-12-18(28)26(5)20(16)29/h8-11,13,16-17,19H,12H2,1-7H3/t16?,17-,19+,24?/m0/s1. The number of rotatable bonds is 6. The molecule has 9 nitrogen and oxygen atoms in total. The molecule has 1 aromatic carbocycles. The van der Waals surface area contributed by atoms with E-state index in [-0.39, 0.29) is 29.6 Å². The minimum absolute atomic E-state index is 0.0595. The number of aliphatic imine (C=N–C) groups is 1. The van der Waals surface area contributed by atoms with Crippen LogP contribution in [-0.4, -0.2) is 67.7 Å². The van der Waals surface area contributed by atoms with Gasteiger partial charge in [0.2, 0.25) is 17.7 Å². The Morgan fingerprint density at radius 2 is 1.67 bits per heavy atom. The van der Waals surface area contributed by atoms with Crippen LogP contribution in [0.3, 0.4) is 0 Å². The van der Waals surface area contributed by atoms with Crippen LogP contribution in [0, 0.1) is 17.3 Å². The minimum atomic E-state index is -1.60. The van der Waals surface area contributed by atoms with Crippen LogP contribution in [0.4, 0.5) is 5.69 Å². The number of benzene rings is 1. The van der Waals surface area contributed by atoms with Crippen molar-refractivity contribution in [1.29, 1.82) is 0 Å². The second kappa shape index (κ2) is 8.61. The largest absolute Gasteiger partial charge is 0.497 e. The quantitative estimate of drug-likeness (QED) is 0.280. The van der Waals surface area contributed by atoms with E-state index in [0.717, 1.165) is 4.90 Å². The molecule has 0 N–H and O–H groups in total. The highest BCUT2D eigenvalue weighted by Gasteiger charge is 2.55. The maximum absolute atomic E-state index is 13.1. The summed E-state index contributed by atoms with van der Waals surface area (Å²) in [6.07, 6.45) is 1.42. The predicted octanol–water partition coefficient (Wildman–Crippen LogP) is 2.08. The van der Waals surface area contributed by atoms with E-state index < -0.39 is 29.4 Å². The lowest BCUT2D eigenvalue weighted by Gasteiger charge is -2.51. The number of anilines is 1. The van der Waals surface area contributed by atoms with Crippen LogP contribution in [0.5, 0.6) is 5.75 Å². The zero-order chi connectivity index (χ0) is 24.7. The number of hydrogen-bond donors (Lipinski definition) is 0. The average Bonchev–Trinajstić information content (AvgIpc) is 3.02. The summed E-state index contributed by atoms with van der Waals surface area (Å²) in [4.78, 5) is 57.8. The van der Waals surface area contributed by atoms with Crippen molar-refractivity contribution in [1.82, 2.24) is 4.90 Å². The fraction of sp³-hybridized carbons (Fsp3) is 0.542. The summed E-state index contributed by atoms with van der Waals surface area (Å²) in [5.41, 5.74) is -1.29. The van der Waals surface area contributed by atoms with Crippen molar-refractivity contribution in [3.05, 3.63) is 24.3 Å².